The number of H-pyrrole nitrogens is 1. The molecule has 0 aliphatic heterocycles. The fourth-order valence-corrected chi connectivity index (χ4v) is 2.85. The summed E-state index contributed by atoms with van der Waals surface area (Å²) in [6.45, 7) is 7.10. The summed E-state index contributed by atoms with van der Waals surface area (Å²) in [4.78, 5) is 10.3. The summed E-state index contributed by atoms with van der Waals surface area (Å²) < 4.78 is 0. The summed E-state index contributed by atoms with van der Waals surface area (Å²) in [6, 6.07) is 10.3. The zero-order valence-corrected chi connectivity index (χ0v) is 13.6. The first-order valence-corrected chi connectivity index (χ1v) is 7.78. The van der Waals surface area contributed by atoms with Gasteiger partial charge in [-0.05, 0) is 20.1 Å². The molecule has 1 aromatic heterocycles. The minimum absolute atomic E-state index is 0.197. The van der Waals surface area contributed by atoms with E-state index in [9.17, 15) is 0 Å². The number of halogens is 1. The molecule has 0 amide bonds. The van der Waals surface area contributed by atoms with Crippen molar-refractivity contribution >= 4 is 11.6 Å². The SMILES string of the molecule is CCN(CC)C(CNC)c1[nH]c(-c2ccccc2)nc1Cl. The molecule has 0 aliphatic carbocycles. The van der Waals surface area contributed by atoms with Crippen LogP contribution in [0.25, 0.3) is 11.4 Å². The van der Waals surface area contributed by atoms with Gasteiger partial charge in [-0.15, -0.1) is 0 Å². The number of hydrogen-bond donors (Lipinski definition) is 2. The normalized spacial score (nSPS) is 12.8. The number of aromatic amines is 1. The van der Waals surface area contributed by atoms with E-state index >= 15 is 0 Å². The van der Waals surface area contributed by atoms with Crippen LogP contribution in [0, 0.1) is 0 Å². The second-order valence-corrected chi connectivity index (χ2v) is 5.31. The minimum Gasteiger partial charge on any atom is -0.339 e. The van der Waals surface area contributed by atoms with E-state index in [1.807, 2.05) is 37.4 Å². The molecule has 0 spiro atoms. The van der Waals surface area contributed by atoms with Crippen molar-refractivity contribution in [1.29, 1.82) is 0 Å². The smallest absolute Gasteiger partial charge is 0.152 e. The highest BCUT2D eigenvalue weighted by atomic mass is 35.5. The van der Waals surface area contributed by atoms with Gasteiger partial charge in [0.1, 0.15) is 5.82 Å². The van der Waals surface area contributed by atoms with Crippen molar-refractivity contribution in [2.45, 2.75) is 19.9 Å². The molecule has 1 aromatic carbocycles. The summed E-state index contributed by atoms with van der Waals surface area (Å²) in [5, 5.41) is 3.80. The lowest BCUT2D eigenvalue weighted by Gasteiger charge is -2.28. The largest absolute Gasteiger partial charge is 0.339 e. The van der Waals surface area contributed by atoms with Gasteiger partial charge in [-0.25, -0.2) is 4.98 Å². The molecule has 1 atom stereocenters. The van der Waals surface area contributed by atoms with Crippen LogP contribution in [0.15, 0.2) is 30.3 Å². The van der Waals surface area contributed by atoms with E-state index in [2.05, 4.69) is 34.0 Å². The van der Waals surface area contributed by atoms with Crippen LogP contribution >= 0.6 is 11.6 Å². The van der Waals surface area contributed by atoms with Crippen molar-refractivity contribution in [2.75, 3.05) is 26.7 Å². The first-order chi connectivity index (χ1) is 10.2. The first-order valence-electron chi connectivity index (χ1n) is 7.40. The Balaban J connectivity index is 2.35. The average molecular weight is 307 g/mol. The lowest BCUT2D eigenvalue weighted by atomic mass is 10.2. The van der Waals surface area contributed by atoms with Crippen molar-refractivity contribution in [3.63, 3.8) is 0 Å². The molecule has 21 heavy (non-hydrogen) atoms. The molecular weight excluding hydrogens is 284 g/mol. The highest BCUT2D eigenvalue weighted by molar-refractivity contribution is 6.30. The molecule has 114 valence electrons. The molecule has 2 aromatic rings. The molecule has 1 heterocycles. The average Bonchev–Trinajstić information content (AvgIpc) is 2.90. The minimum atomic E-state index is 0.197. The molecule has 0 radical (unpaired) electrons. The highest BCUT2D eigenvalue weighted by Gasteiger charge is 2.23. The van der Waals surface area contributed by atoms with Crippen molar-refractivity contribution in [3.05, 3.63) is 41.2 Å². The second-order valence-electron chi connectivity index (χ2n) is 4.95. The summed E-state index contributed by atoms with van der Waals surface area (Å²) in [7, 11) is 1.96. The molecule has 0 aliphatic rings. The van der Waals surface area contributed by atoms with Gasteiger partial charge >= 0.3 is 0 Å². The topological polar surface area (TPSA) is 44.0 Å². The Morgan fingerprint density at radius 2 is 1.90 bits per heavy atom. The summed E-state index contributed by atoms with van der Waals surface area (Å²) in [6.07, 6.45) is 0. The fraction of sp³-hybridized carbons (Fsp3) is 0.438. The number of nitrogens with zero attached hydrogens (tertiary/aromatic N) is 2. The molecule has 2 rings (SSSR count). The quantitative estimate of drug-likeness (QED) is 0.824. The molecule has 2 N–H and O–H groups in total. The monoisotopic (exact) mass is 306 g/mol. The van der Waals surface area contributed by atoms with Crippen LogP contribution in [-0.2, 0) is 0 Å². The molecule has 0 bridgehead atoms. The number of nitrogens with one attached hydrogen (secondary N) is 2. The fourth-order valence-electron chi connectivity index (χ4n) is 2.59. The Morgan fingerprint density at radius 3 is 2.48 bits per heavy atom. The molecule has 1 unspecified atom stereocenters. The molecule has 0 saturated carbocycles. The van der Waals surface area contributed by atoms with Gasteiger partial charge in [0.05, 0.1) is 11.7 Å². The molecule has 5 heteroatoms. The lowest BCUT2D eigenvalue weighted by Crippen LogP contribution is -2.35. The van der Waals surface area contributed by atoms with E-state index in [0.29, 0.717) is 5.15 Å². The lowest BCUT2D eigenvalue weighted by molar-refractivity contribution is 0.213. The van der Waals surface area contributed by atoms with E-state index in [1.165, 1.54) is 0 Å². The van der Waals surface area contributed by atoms with Crippen LogP contribution in [0.3, 0.4) is 0 Å². The van der Waals surface area contributed by atoms with Gasteiger partial charge in [-0.3, -0.25) is 4.90 Å². The Hall–Kier alpha value is -1.36. The summed E-state index contributed by atoms with van der Waals surface area (Å²) >= 11 is 6.39. The van der Waals surface area contributed by atoms with Crippen LogP contribution in [0.1, 0.15) is 25.6 Å². The van der Waals surface area contributed by atoms with Crippen LogP contribution in [0.2, 0.25) is 5.15 Å². The van der Waals surface area contributed by atoms with E-state index in [-0.39, 0.29) is 6.04 Å². The zero-order chi connectivity index (χ0) is 15.2. The standard InChI is InChI=1S/C16H23ClN4/c1-4-21(5-2)13(11-18-3)14-15(17)20-16(19-14)12-9-7-6-8-10-12/h6-10,13,18H,4-5,11H2,1-3H3,(H,19,20). The second kappa shape index (κ2) is 7.59. The maximum Gasteiger partial charge on any atom is 0.152 e. The Kier molecular flexibility index (Phi) is 5.79. The van der Waals surface area contributed by atoms with E-state index in [4.69, 9.17) is 11.6 Å². The summed E-state index contributed by atoms with van der Waals surface area (Å²) in [5.74, 6) is 0.823. The number of benzene rings is 1. The Bertz CT molecular complexity index is 549. The van der Waals surface area contributed by atoms with Crippen LogP contribution in [0.4, 0.5) is 0 Å². The van der Waals surface area contributed by atoms with Crippen molar-refractivity contribution in [2.24, 2.45) is 0 Å². The molecule has 4 nitrogen and oxygen atoms in total. The number of likely N-dealkylation sites (N-methyl/N-ethyl adjacent to an activating group) is 2. The maximum atomic E-state index is 6.39. The van der Waals surface area contributed by atoms with Gasteiger partial charge in [-0.2, -0.15) is 0 Å². The van der Waals surface area contributed by atoms with Crippen molar-refractivity contribution in [1.82, 2.24) is 20.2 Å². The van der Waals surface area contributed by atoms with Gasteiger partial charge in [0.15, 0.2) is 5.15 Å². The van der Waals surface area contributed by atoms with E-state index in [0.717, 1.165) is 36.7 Å². The van der Waals surface area contributed by atoms with Gasteiger partial charge in [0.2, 0.25) is 0 Å². The third-order valence-electron chi connectivity index (χ3n) is 3.72. The number of imidazole rings is 1. The van der Waals surface area contributed by atoms with Gasteiger partial charge in [0, 0.05) is 12.1 Å². The predicted molar refractivity (Wildman–Crippen MR) is 88.6 cm³/mol. The molecule has 0 fully saturated rings. The number of aromatic nitrogens is 2. The van der Waals surface area contributed by atoms with Crippen LogP contribution < -0.4 is 5.32 Å². The number of hydrogen-bond acceptors (Lipinski definition) is 3. The van der Waals surface area contributed by atoms with Gasteiger partial charge in [0.25, 0.3) is 0 Å². The van der Waals surface area contributed by atoms with Crippen LogP contribution in [0.5, 0.6) is 0 Å². The van der Waals surface area contributed by atoms with Crippen molar-refractivity contribution in [3.8, 4) is 11.4 Å². The van der Waals surface area contributed by atoms with Crippen LogP contribution in [-0.4, -0.2) is 41.5 Å². The number of rotatable bonds is 7. The zero-order valence-electron chi connectivity index (χ0n) is 12.9. The van der Waals surface area contributed by atoms with Gasteiger partial charge < -0.3 is 10.3 Å². The third-order valence-corrected chi connectivity index (χ3v) is 4.00. The van der Waals surface area contributed by atoms with Gasteiger partial charge in [-0.1, -0.05) is 55.8 Å². The third kappa shape index (κ3) is 3.64. The van der Waals surface area contributed by atoms with E-state index in [1.54, 1.807) is 0 Å². The summed E-state index contributed by atoms with van der Waals surface area (Å²) in [5.41, 5.74) is 2.03. The maximum absolute atomic E-state index is 6.39. The van der Waals surface area contributed by atoms with Crippen molar-refractivity contribution < 1.29 is 0 Å². The predicted octanol–water partition coefficient (Wildman–Crippen LogP) is 3.33. The molecule has 0 saturated heterocycles. The Morgan fingerprint density at radius 1 is 1.24 bits per heavy atom. The highest BCUT2D eigenvalue weighted by Crippen LogP contribution is 2.28. The first kappa shape index (κ1) is 16.0. The molecular formula is C16H23ClN4. The Labute approximate surface area is 131 Å². The van der Waals surface area contributed by atoms with E-state index < -0.39 is 0 Å².